The molecule has 0 aliphatic carbocycles. The average Bonchev–Trinajstić information content (AvgIpc) is 2.72. The van der Waals surface area contributed by atoms with E-state index >= 15 is 0 Å². The smallest absolute Gasteiger partial charge is 0.412 e. The van der Waals surface area contributed by atoms with E-state index in [2.05, 4.69) is 20.6 Å². The molecule has 0 fully saturated rings. The lowest BCUT2D eigenvalue weighted by atomic mass is 10.2. The van der Waals surface area contributed by atoms with Crippen LogP contribution in [0.5, 0.6) is 5.75 Å². The molecule has 0 saturated carbocycles. The SMILES string of the molecule is CC(C)(C)OC(=O)Nc1cccc(C(=O)Nc2ncccc2OCc2ccncc2)c1. The molecule has 2 amide bonds. The van der Waals surface area contributed by atoms with Gasteiger partial charge in [-0.1, -0.05) is 6.07 Å². The molecule has 8 heteroatoms. The summed E-state index contributed by atoms with van der Waals surface area (Å²) in [4.78, 5) is 32.9. The third kappa shape index (κ3) is 6.81. The Hall–Kier alpha value is -3.94. The van der Waals surface area contributed by atoms with E-state index in [-0.39, 0.29) is 5.91 Å². The van der Waals surface area contributed by atoms with Crippen LogP contribution in [0.4, 0.5) is 16.3 Å². The molecule has 8 nitrogen and oxygen atoms in total. The minimum absolute atomic E-state index is 0.298. The van der Waals surface area contributed by atoms with E-state index in [9.17, 15) is 9.59 Å². The third-order valence-corrected chi connectivity index (χ3v) is 3.92. The van der Waals surface area contributed by atoms with E-state index in [1.807, 2.05) is 12.1 Å². The molecule has 160 valence electrons. The lowest BCUT2D eigenvalue weighted by Gasteiger charge is -2.19. The lowest BCUT2D eigenvalue weighted by molar-refractivity contribution is 0.0635. The van der Waals surface area contributed by atoms with Crippen LogP contribution in [0.1, 0.15) is 36.7 Å². The second kappa shape index (κ2) is 9.71. The molecule has 3 aromatic rings. The van der Waals surface area contributed by atoms with Gasteiger partial charge in [0, 0.05) is 29.8 Å². The fraction of sp³-hybridized carbons (Fsp3) is 0.217. The molecular weight excluding hydrogens is 396 g/mol. The van der Waals surface area contributed by atoms with Gasteiger partial charge in [-0.2, -0.15) is 0 Å². The largest absolute Gasteiger partial charge is 0.485 e. The first-order valence-electron chi connectivity index (χ1n) is 9.68. The van der Waals surface area contributed by atoms with Gasteiger partial charge in [0.15, 0.2) is 11.6 Å². The number of ether oxygens (including phenoxy) is 2. The number of carbonyl (C=O) groups is 2. The highest BCUT2D eigenvalue weighted by molar-refractivity contribution is 6.05. The molecule has 0 spiro atoms. The molecule has 1 aromatic carbocycles. The van der Waals surface area contributed by atoms with Crippen molar-refractivity contribution in [1.82, 2.24) is 9.97 Å². The fourth-order valence-corrected chi connectivity index (χ4v) is 2.58. The number of benzene rings is 1. The van der Waals surface area contributed by atoms with Gasteiger partial charge >= 0.3 is 6.09 Å². The molecule has 0 radical (unpaired) electrons. The summed E-state index contributed by atoms with van der Waals surface area (Å²) in [6.07, 6.45) is 4.34. The maximum atomic E-state index is 12.7. The summed E-state index contributed by atoms with van der Waals surface area (Å²) < 4.78 is 11.0. The summed E-state index contributed by atoms with van der Waals surface area (Å²) in [6, 6.07) is 13.7. The molecular formula is C23H24N4O4. The van der Waals surface area contributed by atoms with Crippen molar-refractivity contribution in [3.05, 3.63) is 78.2 Å². The number of rotatable bonds is 6. The quantitative estimate of drug-likeness (QED) is 0.602. The lowest BCUT2D eigenvalue weighted by Crippen LogP contribution is -2.27. The summed E-state index contributed by atoms with van der Waals surface area (Å²) in [5.41, 5.74) is 1.11. The fourth-order valence-electron chi connectivity index (χ4n) is 2.58. The number of hydrogen-bond donors (Lipinski definition) is 2. The molecule has 0 unspecified atom stereocenters. The molecule has 3 rings (SSSR count). The highest BCUT2D eigenvalue weighted by atomic mass is 16.6. The minimum Gasteiger partial charge on any atom is -0.485 e. The average molecular weight is 420 g/mol. The molecule has 0 atom stereocenters. The van der Waals surface area contributed by atoms with Crippen molar-refractivity contribution in [2.45, 2.75) is 33.0 Å². The number of amides is 2. The summed E-state index contributed by atoms with van der Waals surface area (Å²) in [6.45, 7) is 5.64. The van der Waals surface area contributed by atoms with Crippen LogP contribution in [0.25, 0.3) is 0 Å². The van der Waals surface area contributed by atoms with Crippen LogP contribution in [0.15, 0.2) is 67.1 Å². The first-order valence-corrected chi connectivity index (χ1v) is 9.68. The first-order chi connectivity index (χ1) is 14.8. The van der Waals surface area contributed by atoms with Gasteiger partial charge in [-0.25, -0.2) is 9.78 Å². The van der Waals surface area contributed by atoms with Gasteiger partial charge in [0.2, 0.25) is 0 Å². The highest BCUT2D eigenvalue weighted by Gasteiger charge is 2.17. The molecule has 2 N–H and O–H groups in total. The first kappa shape index (κ1) is 21.8. The zero-order chi connectivity index (χ0) is 22.3. The maximum Gasteiger partial charge on any atom is 0.412 e. The standard InChI is InChI=1S/C23H24N4O4/c1-23(2,3)31-22(29)26-18-7-4-6-17(14-18)21(28)27-20-19(8-5-11-25-20)30-15-16-9-12-24-13-10-16/h4-14H,15H2,1-3H3,(H,26,29)(H,25,27,28). The molecule has 31 heavy (non-hydrogen) atoms. The summed E-state index contributed by atoms with van der Waals surface area (Å²) >= 11 is 0. The Kier molecular flexibility index (Phi) is 6.81. The highest BCUT2D eigenvalue weighted by Crippen LogP contribution is 2.23. The minimum atomic E-state index is -0.620. The van der Waals surface area contributed by atoms with Crippen LogP contribution in [0, 0.1) is 0 Å². The van der Waals surface area contributed by atoms with Gasteiger partial charge in [0.05, 0.1) is 0 Å². The van der Waals surface area contributed by atoms with Crippen LogP contribution in [0.2, 0.25) is 0 Å². The van der Waals surface area contributed by atoms with E-state index in [1.54, 1.807) is 75.8 Å². The van der Waals surface area contributed by atoms with Gasteiger partial charge < -0.3 is 14.8 Å². The summed E-state index contributed by atoms with van der Waals surface area (Å²) in [5, 5.41) is 5.37. The second-order valence-electron chi connectivity index (χ2n) is 7.66. The van der Waals surface area contributed by atoms with Crippen molar-refractivity contribution in [3.63, 3.8) is 0 Å². The second-order valence-corrected chi connectivity index (χ2v) is 7.66. The van der Waals surface area contributed by atoms with Gasteiger partial charge in [-0.05, 0) is 68.8 Å². The van der Waals surface area contributed by atoms with Crippen molar-refractivity contribution in [2.24, 2.45) is 0 Å². The van der Waals surface area contributed by atoms with E-state index < -0.39 is 11.7 Å². The van der Waals surface area contributed by atoms with E-state index in [0.717, 1.165) is 5.56 Å². The number of carbonyl (C=O) groups excluding carboxylic acids is 2. The molecule has 0 saturated heterocycles. The third-order valence-electron chi connectivity index (χ3n) is 3.92. The number of pyridine rings is 2. The molecule has 2 aromatic heterocycles. The Morgan fingerprint density at radius 3 is 2.48 bits per heavy atom. The van der Waals surface area contributed by atoms with Crippen LogP contribution >= 0.6 is 0 Å². The number of aromatic nitrogens is 2. The predicted octanol–water partition coefficient (Wildman–Crippen LogP) is 4.65. The molecule has 0 aliphatic rings. The molecule has 0 aliphatic heterocycles. The Morgan fingerprint density at radius 1 is 0.968 bits per heavy atom. The monoisotopic (exact) mass is 420 g/mol. The van der Waals surface area contributed by atoms with E-state index in [1.165, 1.54) is 0 Å². The summed E-state index contributed by atoms with van der Waals surface area (Å²) in [5.74, 6) is 0.350. The van der Waals surface area contributed by atoms with Crippen LogP contribution in [0.3, 0.4) is 0 Å². The van der Waals surface area contributed by atoms with E-state index in [4.69, 9.17) is 9.47 Å². The Labute approximate surface area is 180 Å². The van der Waals surface area contributed by atoms with Crippen LogP contribution in [-0.4, -0.2) is 27.6 Å². The maximum absolute atomic E-state index is 12.7. The zero-order valence-electron chi connectivity index (χ0n) is 17.6. The number of nitrogens with one attached hydrogen (secondary N) is 2. The number of hydrogen-bond acceptors (Lipinski definition) is 6. The topological polar surface area (TPSA) is 102 Å². The van der Waals surface area contributed by atoms with Crippen LogP contribution < -0.4 is 15.4 Å². The Balaban J connectivity index is 1.67. The van der Waals surface area contributed by atoms with Crippen molar-refractivity contribution >= 4 is 23.5 Å². The normalized spacial score (nSPS) is 10.8. The van der Waals surface area contributed by atoms with Gasteiger partial charge in [-0.3, -0.25) is 15.1 Å². The van der Waals surface area contributed by atoms with Gasteiger partial charge in [0.1, 0.15) is 12.2 Å². The van der Waals surface area contributed by atoms with Crippen molar-refractivity contribution in [2.75, 3.05) is 10.6 Å². The van der Waals surface area contributed by atoms with Crippen LogP contribution in [-0.2, 0) is 11.3 Å². The van der Waals surface area contributed by atoms with Crippen molar-refractivity contribution in [1.29, 1.82) is 0 Å². The van der Waals surface area contributed by atoms with Gasteiger partial charge in [-0.15, -0.1) is 0 Å². The van der Waals surface area contributed by atoms with E-state index in [0.29, 0.717) is 29.4 Å². The molecule has 0 bridgehead atoms. The van der Waals surface area contributed by atoms with Crippen molar-refractivity contribution < 1.29 is 19.1 Å². The summed E-state index contributed by atoms with van der Waals surface area (Å²) in [7, 11) is 0. The number of nitrogens with zero attached hydrogens (tertiary/aromatic N) is 2. The zero-order valence-corrected chi connectivity index (χ0v) is 17.6. The van der Waals surface area contributed by atoms with Crippen molar-refractivity contribution in [3.8, 4) is 5.75 Å². The van der Waals surface area contributed by atoms with Gasteiger partial charge in [0.25, 0.3) is 5.91 Å². The molecule has 2 heterocycles. The predicted molar refractivity (Wildman–Crippen MR) is 117 cm³/mol. The Morgan fingerprint density at radius 2 is 1.74 bits per heavy atom. The Bertz CT molecular complexity index is 1050. The number of anilines is 2.